The van der Waals surface area contributed by atoms with Gasteiger partial charge in [0, 0.05) is 38.4 Å². The molecule has 0 aromatic carbocycles. The molecule has 0 radical (unpaired) electrons. The molecule has 8 nitrogen and oxygen atoms in total. The first-order chi connectivity index (χ1) is 12.2. The molecular weight excluding hydrogens is 320 g/mol. The van der Waals surface area contributed by atoms with E-state index in [1.54, 1.807) is 10.8 Å². The minimum absolute atomic E-state index is 0.0789. The third-order valence-electron chi connectivity index (χ3n) is 5.27. The van der Waals surface area contributed by atoms with Crippen molar-refractivity contribution in [1.29, 1.82) is 0 Å². The van der Waals surface area contributed by atoms with Crippen LogP contribution < -0.4 is 5.69 Å². The molecule has 2 aromatic heterocycles. The number of likely N-dealkylation sites (tertiary alicyclic amines) is 1. The summed E-state index contributed by atoms with van der Waals surface area (Å²) >= 11 is 0. The van der Waals surface area contributed by atoms with E-state index in [2.05, 4.69) is 10.1 Å². The Morgan fingerprint density at radius 1 is 1.28 bits per heavy atom. The number of aryl methyl sites for hydroxylation is 2. The third kappa shape index (κ3) is 2.79. The number of carbonyl (C=O) groups excluding carboxylic acids is 1. The van der Waals surface area contributed by atoms with Crippen LogP contribution in [0.5, 0.6) is 0 Å². The normalized spacial score (nSPS) is 20.0. The van der Waals surface area contributed by atoms with Crippen LogP contribution in [-0.4, -0.2) is 47.8 Å². The van der Waals surface area contributed by atoms with Crippen molar-refractivity contribution in [2.75, 3.05) is 13.1 Å². The van der Waals surface area contributed by atoms with Gasteiger partial charge < -0.3 is 9.47 Å². The summed E-state index contributed by atoms with van der Waals surface area (Å²) in [4.78, 5) is 32.0. The van der Waals surface area contributed by atoms with Gasteiger partial charge in [0.2, 0.25) is 5.91 Å². The molecule has 8 heteroatoms. The summed E-state index contributed by atoms with van der Waals surface area (Å²) in [6.45, 7) is 4.79. The molecule has 0 saturated carbocycles. The van der Waals surface area contributed by atoms with Crippen LogP contribution in [0.2, 0.25) is 0 Å². The summed E-state index contributed by atoms with van der Waals surface area (Å²) in [6.07, 6.45) is 8.10. The second-order valence-corrected chi connectivity index (χ2v) is 6.80. The zero-order chi connectivity index (χ0) is 17.4. The Morgan fingerprint density at radius 2 is 2.08 bits per heavy atom. The van der Waals surface area contributed by atoms with E-state index < -0.39 is 6.04 Å². The standard InChI is InChI=1S/C17H24N6O2/c1-2-20-11-8-18-15(20)12-22-17(25)23-13(6-5-7-14(23)19-22)16(24)21-9-3-4-10-21/h8,11,13H,2-7,9-10,12H2,1H3. The highest BCUT2D eigenvalue weighted by Crippen LogP contribution is 2.25. The van der Waals surface area contributed by atoms with E-state index in [1.165, 1.54) is 4.68 Å². The van der Waals surface area contributed by atoms with Crippen molar-refractivity contribution in [1.82, 2.24) is 28.8 Å². The van der Waals surface area contributed by atoms with Crippen LogP contribution in [0.15, 0.2) is 17.2 Å². The summed E-state index contributed by atoms with van der Waals surface area (Å²) < 4.78 is 5.08. The van der Waals surface area contributed by atoms with Gasteiger partial charge in [0.15, 0.2) is 0 Å². The summed E-state index contributed by atoms with van der Waals surface area (Å²) in [6, 6.07) is -0.394. The van der Waals surface area contributed by atoms with Crippen molar-refractivity contribution in [3.05, 3.63) is 34.5 Å². The molecule has 4 rings (SSSR count). The Kier molecular flexibility index (Phi) is 4.19. The molecule has 1 fully saturated rings. The summed E-state index contributed by atoms with van der Waals surface area (Å²) in [7, 11) is 0. The van der Waals surface area contributed by atoms with E-state index in [9.17, 15) is 9.59 Å². The van der Waals surface area contributed by atoms with Gasteiger partial charge in [-0.3, -0.25) is 9.36 Å². The van der Waals surface area contributed by atoms with Gasteiger partial charge in [-0.2, -0.15) is 5.10 Å². The lowest BCUT2D eigenvalue weighted by atomic mass is 10.0. The van der Waals surface area contributed by atoms with Crippen LogP contribution in [0, 0.1) is 0 Å². The second-order valence-electron chi connectivity index (χ2n) is 6.80. The van der Waals surface area contributed by atoms with Crippen molar-refractivity contribution >= 4 is 5.91 Å². The molecule has 2 aromatic rings. The molecule has 25 heavy (non-hydrogen) atoms. The lowest BCUT2D eigenvalue weighted by molar-refractivity contribution is -0.134. The number of imidazole rings is 1. The number of rotatable bonds is 4. The molecule has 1 unspecified atom stereocenters. The van der Waals surface area contributed by atoms with Gasteiger partial charge in [0.05, 0.1) is 0 Å². The Hall–Kier alpha value is -2.38. The highest BCUT2D eigenvalue weighted by atomic mass is 16.2. The maximum atomic E-state index is 12.9. The van der Waals surface area contributed by atoms with E-state index in [0.29, 0.717) is 6.54 Å². The average Bonchev–Trinajstić information content (AvgIpc) is 3.36. The molecule has 2 aliphatic heterocycles. The van der Waals surface area contributed by atoms with Crippen LogP contribution in [0.25, 0.3) is 0 Å². The molecule has 0 N–H and O–H groups in total. The van der Waals surface area contributed by atoms with Crippen LogP contribution >= 0.6 is 0 Å². The minimum Gasteiger partial charge on any atom is -0.341 e. The SMILES string of the molecule is CCn1ccnc1Cn1nc2n(c1=O)C(C(=O)N1CCCC1)CCC2. The van der Waals surface area contributed by atoms with E-state index in [1.807, 2.05) is 22.6 Å². The van der Waals surface area contributed by atoms with Gasteiger partial charge in [-0.1, -0.05) is 0 Å². The van der Waals surface area contributed by atoms with Crippen LogP contribution in [0.3, 0.4) is 0 Å². The van der Waals surface area contributed by atoms with Gasteiger partial charge in [-0.15, -0.1) is 0 Å². The highest BCUT2D eigenvalue weighted by Gasteiger charge is 2.34. The number of aromatic nitrogens is 5. The largest absolute Gasteiger partial charge is 0.347 e. The number of hydrogen-bond acceptors (Lipinski definition) is 4. The molecule has 0 spiro atoms. The number of carbonyl (C=O) groups is 1. The maximum Gasteiger partial charge on any atom is 0.347 e. The highest BCUT2D eigenvalue weighted by molar-refractivity contribution is 5.80. The number of nitrogens with zero attached hydrogens (tertiary/aromatic N) is 6. The van der Waals surface area contributed by atoms with Crippen molar-refractivity contribution in [3.8, 4) is 0 Å². The van der Waals surface area contributed by atoms with Gasteiger partial charge >= 0.3 is 5.69 Å². The van der Waals surface area contributed by atoms with Gasteiger partial charge in [0.25, 0.3) is 0 Å². The fourth-order valence-corrected chi connectivity index (χ4v) is 3.93. The Labute approximate surface area is 146 Å². The first kappa shape index (κ1) is 16.1. The molecule has 4 heterocycles. The van der Waals surface area contributed by atoms with E-state index in [-0.39, 0.29) is 11.6 Å². The monoisotopic (exact) mass is 344 g/mol. The van der Waals surface area contributed by atoms with Crippen LogP contribution in [-0.2, 0) is 24.3 Å². The minimum atomic E-state index is -0.394. The topological polar surface area (TPSA) is 78.0 Å². The fraction of sp³-hybridized carbons (Fsp3) is 0.647. The average molecular weight is 344 g/mol. The number of amides is 1. The van der Waals surface area contributed by atoms with Crippen molar-refractivity contribution in [2.24, 2.45) is 0 Å². The summed E-state index contributed by atoms with van der Waals surface area (Å²) in [5.41, 5.74) is -0.196. The van der Waals surface area contributed by atoms with Crippen LogP contribution in [0.4, 0.5) is 0 Å². The third-order valence-corrected chi connectivity index (χ3v) is 5.27. The molecule has 1 atom stereocenters. The Morgan fingerprint density at radius 3 is 2.84 bits per heavy atom. The fourth-order valence-electron chi connectivity index (χ4n) is 3.93. The molecule has 1 saturated heterocycles. The van der Waals surface area contributed by atoms with E-state index in [0.717, 1.165) is 63.4 Å². The molecule has 0 aliphatic carbocycles. The first-order valence-corrected chi connectivity index (χ1v) is 9.16. The Bertz CT molecular complexity index is 827. The molecule has 2 aliphatic rings. The van der Waals surface area contributed by atoms with Gasteiger partial charge in [0.1, 0.15) is 24.2 Å². The second kappa shape index (κ2) is 6.50. The van der Waals surface area contributed by atoms with Crippen molar-refractivity contribution in [2.45, 2.75) is 58.2 Å². The summed E-state index contributed by atoms with van der Waals surface area (Å²) in [5.74, 6) is 1.61. The van der Waals surface area contributed by atoms with Crippen LogP contribution in [0.1, 0.15) is 50.3 Å². The first-order valence-electron chi connectivity index (χ1n) is 9.16. The molecule has 134 valence electrons. The number of hydrogen-bond donors (Lipinski definition) is 0. The van der Waals surface area contributed by atoms with E-state index in [4.69, 9.17) is 0 Å². The zero-order valence-corrected chi connectivity index (χ0v) is 14.6. The summed E-state index contributed by atoms with van der Waals surface area (Å²) in [5, 5.41) is 4.50. The van der Waals surface area contributed by atoms with Gasteiger partial charge in [-0.25, -0.2) is 14.5 Å². The molecular formula is C17H24N6O2. The quantitative estimate of drug-likeness (QED) is 0.822. The maximum absolute atomic E-state index is 12.9. The smallest absolute Gasteiger partial charge is 0.341 e. The lowest BCUT2D eigenvalue weighted by Gasteiger charge is -2.27. The Balaban J connectivity index is 1.65. The predicted molar refractivity (Wildman–Crippen MR) is 91.3 cm³/mol. The van der Waals surface area contributed by atoms with Gasteiger partial charge in [-0.05, 0) is 32.6 Å². The molecule has 0 bridgehead atoms. The van der Waals surface area contributed by atoms with E-state index >= 15 is 0 Å². The predicted octanol–water partition coefficient (Wildman–Crippen LogP) is 0.809. The lowest BCUT2D eigenvalue weighted by Crippen LogP contribution is -2.41. The van der Waals surface area contributed by atoms with Crippen molar-refractivity contribution in [3.63, 3.8) is 0 Å². The zero-order valence-electron chi connectivity index (χ0n) is 14.6. The number of fused-ring (bicyclic) bond motifs is 1. The van der Waals surface area contributed by atoms with Crippen molar-refractivity contribution < 1.29 is 4.79 Å². The molecule has 1 amide bonds.